The van der Waals surface area contributed by atoms with Gasteiger partial charge in [-0.25, -0.2) is 9.97 Å². The van der Waals surface area contributed by atoms with Crippen LogP contribution in [0.4, 0.5) is 8.78 Å². The predicted molar refractivity (Wildman–Crippen MR) is 103 cm³/mol. The molecule has 4 aromatic rings. The van der Waals surface area contributed by atoms with E-state index in [1.54, 1.807) is 24.0 Å². The smallest absolute Gasteiger partial charge is 0.387 e. The first kappa shape index (κ1) is 18.8. The fourth-order valence-corrected chi connectivity index (χ4v) is 3.12. The van der Waals surface area contributed by atoms with Gasteiger partial charge in [0.15, 0.2) is 5.65 Å². The van der Waals surface area contributed by atoms with Crippen LogP contribution in [-0.4, -0.2) is 43.8 Å². The zero-order valence-corrected chi connectivity index (χ0v) is 15.7. The summed E-state index contributed by atoms with van der Waals surface area (Å²) in [7, 11) is 1.74. The van der Waals surface area contributed by atoms with Crippen molar-refractivity contribution in [1.82, 2.24) is 30.0 Å². The number of nitrogens with one attached hydrogen (secondary N) is 2. The van der Waals surface area contributed by atoms with E-state index >= 15 is 0 Å². The van der Waals surface area contributed by atoms with Crippen LogP contribution in [0.25, 0.3) is 33.5 Å². The van der Waals surface area contributed by atoms with Gasteiger partial charge in [0.2, 0.25) is 0 Å². The minimum atomic E-state index is -2.92. The normalized spacial score (nSPS) is 11.5. The Balaban J connectivity index is 1.81. The van der Waals surface area contributed by atoms with Crippen molar-refractivity contribution in [1.29, 1.82) is 0 Å². The van der Waals surface area contributed by atoms with Gasteiger partial charge in [-0.05, 0) is 24.6 Å². The van der Waals surface area contributed by atoms with E-state index in [1.807, 2.05) is 6.92 Å². The van der Waals surface area contributed by atoms with Crippen molar-refractivity contribution >= 4 is 28.0 Å². The molecule has 0 bridgehead atoms. The van der Waals surface area contributed by atoms with Crippen molar-refractivity contribution in [2.24, 2.45) is 7.05 Å². The average molecular weight is 400 g/mol. The van der Waals surface area contributed by atoms with Gasteiger partial charge in [0.25, 0.3) is 5.91 Å². The second kappa shape index (κ2) is 7.46. The first-order valence-electron chi connectivity index (χ1n) is 9.02. The second-order valence-electron chi connectivity index (χ2n) is 6.44. The van der Waals surface area contributed by atoms with Gasteiger partial charge in [-0.15, -0.1) is 0 Å². The summed E-state index contributed by atoms with van der Waals surface area (Å²) in [6.07, 6.45) is 3.90. The Morgan fingerprint density at radius 3 is 2.97 bits per heavy atom. The summed E-state index contributed by atoms with van der Waals surface area (Å²) < 4.78 is 31.3. The van der Waals surface area contributed by atoms with Gasteiger partial charge in [-0.2, -0.15) is 13.9 Å². The third-order valence-corrected chi connectivity index (χ3v) is 4.45. The maximum atomic E-state index is 12.6. The summed E-state index contributed by atoms with van der Waals surface area (Å²) in [6, 6.07) is 4.59. The molecule has 0 unspecified atom stereocenters. The molecule has 1 aromatic carbocycles. The van der Waals surface area contributed by atoms with Gasteiger partial charge in [0.05, 0.1) is 17.3 Å². The Kier molecular flexibility index (Phi) is 4.83. The van der Waals surface area contributed by atoms with Gasteiger partial charge in [-0.3, -0.25) is 9.48 Å². The maximum absolute atomic E-state index is 12.6. The van der Waals surface area contributed by atoms with Crippen molar-refractivity contribution in [2.45, 2.75) is 20.0 Å². The van der Waals surface area contributed by atoms with Crippen molar-refractivity contribution in [3.8, 4) is 17.1 Å². The lowest BCUT2D eigenvalue weighted by molar-refractivity contribution is -0.0497. The molecule has 0 aliphatic carbocycles. The van der Waals surface area contributed by atoms with Crippen molar-refractivity contribution in [3.05, 3.63) is 36.2 Å². The number of alkyl halides is 2. The Bertz CT molecular complexity index is 1200. The van der Waals surface area contributed by atoms with E-state index in [0.717, 1.165) is 11.9 Å². The number of fused-ring (bicyclic) bond motifs is 2. The number of carbonyl (C=O) groups is 1. The predicted octanol–water partition coefficient (Wildman–Crippen LogP) is 3.25. The topological polar surface area (TPSA) is 97.7 Å². The molecule has 1 amide bonds. The van der Waals surface area contributed by atoms with Crippen LogP contribution in [0.2, 0.25) is 0 Å². The number of halogens is 2. The van der Waals surface area contributed by atoms with Gasteiger partial charge < -0.3 is 15.0 Å². The number of hydrogen-bond acceptors (Lipinski definition) is 5. The number of ether oxygens (including phenoxy) is 1. The van der Waals surface area contributed by atoms with Crippen LogP contribution < -0.4 is 10.1 Å². The molecule has 2 N–H and O–H groups in total. The molecule has 8 nitrogen and oxygen atoms in total. The zero-order chi connectivity index (χ0) is 20.5. The van der Waals surface area contributed by atoms with Crippen molar-refractivity contribution in [2.75, 3.05) is 6.54 Å². The maximum Gasteiger partial charge on any atom is 0.387 e. The molecule has 150 valence electrons. The lowest BCUT2D eigenvalue weighted by Gasteiger charge is -2.05. The number of hydrogen-bond donors (Lipinski definition) is 2. The number of benzene rings is 1. The van der Waals surface area contributed by atoms with E-state index in [4.69, 9.17) is 0 Å². The number of amides is 1. The average Bonchev–Trinajstić information content (AvgIpc) is 3.26. The van der Waals surface area contributed by atoms with Gasteiger partial charge >= 0.3 is 6.61 Å². The van der Waals surface area contributed by atoms with Gasteiger partial charge in [0.1, 0.15) is 22.7 Å². The van der Waals surface area contributed by atoms with Gasteiger partial charge in [-0.1, -0.05) is 6.92 Å². The molecule has 4 rings (SSSR count). The molecule has 0 spiro atoms. The summed E-state index contributed by atoms with van der Waals surface area (Å²) in [5.74, 6) is -0.222. The van der Waals surface area contributed by atoms with Crippen LogP contribution in [0.15, 0.2) is 30.6 Å². The SMILES string of the molecule is CCCNC(=O)c1c[nH]c2ncc(-c3nn(C)c4ccc(OC(F)F)cc34)nc12. The molecule has 3 aromatic heterocycles. The Morgan fingerprint density at radius 1 is 1.38 bits per heavy atom. The highest BCUT2D eigenvalue weighted by Crippen LogP contribution is 2.31. The van der Waals surface area contributed by atoms with E-state index in [2.05, 4.69) is 30.1 Å². The van der Waals surface area contributed by atoms with Crippen LogP contribution in [0, 0.1) is 0 Å². The Labute approximate surface area is 163 Å². The van der Waals surface area contributed by atoms with Gasteiger partial charge in [0, 0.05) is 25.2 Å². The van der Waals surface area contributed by atoms with Crippen LogP contribution in [0.1, 0.15) is 23.7 Å². The molecule has 0 aliphatic rings. The van der Waals surface area contributed by atoms with E-state index in [-0.39, 0.29) is 11.7 Å². The molecular weight excluding hydrogens is 382 g/mol. The molecule has 0 atom stereocenters. The fourth-order valence-electron chi connectivity index (χ4n) is 3.12. The van der Waals surface area contributed by atoms with E-state index in [1.165, 1.54) is 18.3 Å². The first-order chi connectivity index (χ1) is 14.0. The number of rotatable bonds is 6. The monoisotopic (exact) mass is 400 g/mol. The number of carbonyl (C=O) groups excluding carboxylic acids is 1. The number of aromatic amines is 1. The largest absolute Gasteiger partial charge is 0.435 e. The number of nitrogens with zero attached hydrogens (tertiary/aromatic N) is 4. The summed E-state index contributed by atoms with van der Waals surface area (Å²) in [4.78, 5) is 24.2. The number of aryl methyl sites for hydroxylation is 1. The Morgan fingerprint density at radius 2 is 2.21 bits per heavy atom. The van der Waals surface area contributed by atoms with E-state index in [0.29, 0.717) is 40.0 Å². The highest BCUT2D eigenvalue weighted by atomic mass is 19.3. The summed E-state index contributed by atoms with van der Waals surface area (Å²) in [5, 5.41) is 7.86. The lowest BCUT2D eigenvalue weighted by atomic mass is 10.1. The molecule has 0 saturated heterocycles. The van der Waals surface area contributed by atoms with Crippen LogP contribution in [-0.2, 0) is 7.05 Å². The fraction of sp³-hybridized carbons (Fsp3) is 0.263. The van der Waals surface area contributed by atoms with E-state index in [9.17, 15) is 13.6 Å². The number of H-pyrrole nitrogens is 1. The minimum Gasteiger partial charge on any atom is -0.435 e. The lowest BCUT2D eigenvalue weighted by Crippen LogP contribution is -2.23. The molecule has 0 fully saturated rings. The second-order valence-corrected chi connectivity index (χ2v) is 6.44. The molecule has 0 aliphatic heterocycles. The molecule has 0 radical (unpaired) electrons. The quantitative estimate of drug-likeness (QED) is 0.518. The summed E-state index contributed by atoms with van der Waals surface area (Å²) >= 11 is 0. The van der Waals surface area contributed by atoms with Crippen molar-refractivity contribution in [3.63, 3.8) is 0 Å². The van der Waals surface area contributed by atoms with E-state index < -0.39 is 6.61 Å². The van der Waals surface area contributed by atoms with Crippen LogP contribution in [0.3, 0.4) is 0 Å². The molecular formula is C19H18F2N6O2. The molecule has 10 heteroatoms. The zero-order valence-electron chi connectivity index (χ0n) is 15.7. The van der Waals surface area contributed by atoms with Crippen molar-refractivity contribution < 1.29 is 18.3 Å². The van der Waals surface area contributed by atoms with Crippen LogP contribution >= 0.6 is 0 Å². The highest BCUT2D eigenvalue weighted by Gasteiger charge is 2.18. The Hall–Kier alpha value is -3.56. The molecule has 0 saturated carbocycles. The first-order valence-corrected chi connectivity index (χ1v) is 9.02. The third-order valence-electron chi connectivity index (χ3n) is 4.45. The van der Waals surface area contributed by atoms with Crippen LogP contribution in [0.5, 0.6) is 5.75 Å². The summed E-state index contributed by atoms with van der Waals surface area (Å²) in [6.45, 7) is -0.407. The number of aromatic nitrogens is 5. The molecule has 29 heavy (non-hydrogen) atoms. The standard InChI is InChI=1S/C19H18F2N6O2/c1-3-6-22-18(28)12-8-23-17-16(12)25-13(9-24-17)15-11-7-10(29-19(20)21)4-5-14(11)27(2)26-15/h4-5,7-9,19H,3,6H2,1-2H3,(H,22,28)(H,23,24). The molecule has 3 heterocycles. The third kappa shape index (κ3) is 3.48. The minimum absolute atomic E-state index is 0.0251. The summed E-state index contributed by atoms with van der Waals surface area (Å²) in [5.41, 5.74) is 2.86. The highest BCUT2D eigenvalue weighted by molar-refractivity contribution is 6.05.